The summed E-state index contributed by atoms with van der Waals surface area (Å²) in [6.07, 6.45) is 2.52. The molecule has 1 aliphatic carbocycles. The Balaban J connectivity index is 1.94. The standard InChI is InChI=1S/C9H15BOS/c1-3-9-4-8(2)6(9)5(12-8)7(10)11-9/h5-7H,3-4,10H2,1-2H3/t5-,6?,7+,8?,9-/m0/s1. The predicted octanol–water partition coefficient (Wildman–Crippen LogP) is 1.02. The molecule has 2 aliphatic heterocycles. The highest BCUT2D eigenvalue weighted by molar-refractivity contribution is 8.03. The Hall–Kier alpha value is 0.375. The zero-order chi connectivity index (χ0) is 8.56. The van der Waals surface area contributed by atoms with Crippen LogP contribution in [0.25, 0.3) is 0 Å². The molecule has 3 rings (SSSR count). The molecule has 0 aromatic heterocycles. The zero-order valence-electron chi connectivity index (χ0n) is 7.96. The van der Waals surface area contributed by atoms with Gasteiger partial charge in [-0.25, -0.2) is 0 Å². The minimum atomic E-state index is 0.310. The molecule has 0 bridgehead atoms. The number of ether oxygens (including phenoxy) is 1. The van der Waals surface area contributed by atoms with E-state index in [4.69, 9.17) is 4.74 Å². The molecule has 2 unspecified atom stereocenters. The van der Waals surface area contributed by atoms with Crippen molar-refractivity contribution in [1.82, 2.24) is 0 Å². The molecule has 3 heteroatoms. The maximum Gasteiger partial charge on any atom is 0.140 e. The lowest BCUT2D eigenvalue weighted by Crippen LogP contribution is -2.69. The van der Waals surface area contributed by atoms with Crippen molar-refractivity contribution in [2.45, 2.75) is 48.3 Å². The molecule has 3 fully saturated rings. The van der Waals surface area contributed by atoms with Gasteiger partial charge in [0.25, 0.3) is 0 Å². The lowest BCUT2D eigenvalue weighted by molar-refractivity contribution is -0.112. The molecule has 0 aromatic carbocycles. The van der Waals surface area contributed by atoms with Crippen LogP contribution in [0, 0.1) is 5.92 Å². The summed E-state index contributed by atoms with van der Waals surface area (Å²) >= 11 is 2.16. The van der Waals surface area contributed by atoms with Gasteiger partial charge in [0.05, 0.1) is 5.60 Å². The first-order chi connectivity index (χ1) is 5.61. The Bertz CT molecular complexity index is 243. The quantitative estimate of drug-likeness (QED) is 0.560. The van der Waals surface area contributed by atoms with Crippen LogP contribution in [0.3, 0.4) is 0 Å². The smallest absolute Gasteiger partial charge is 0.140 e. The van der Waals surface area contributed by atoms with Gasteiger partial charge in [-0.1, -0.05) is 6.92 Å². The highest BCUT2D eigenvalue weighted by atomic mass is 32.2. The summed E-state index contributed by atoms with van der Waals surface area (Å²) in [7, 11) is 2.24. The summed E-state index contributed by atoms with van der Waals surface area (Å²) in [5, 5.41) is 0.823. The van der Waals surface area contributed by atoms with Crippen LogP contribution < -0.4 is 0 Å². The Kier molecular flexibility index (Phi) is 1.23. The second kappa shape index (κ2) is 1.90. The van der Waals surface area contributed by atoms with Gasteiger partial charge in [-0.05, 0) is 19.8 Å². The van der Waals surface area contributed by atoms with Crippen molar-refractivity contribution in [1.29, 1.82) is 0 Å². The lowest BCUT2D eigenvalue weighted by atomic mass is 9.58. The molecule has 0 spiro atoms. The molecule has 0 N–H and O–H groups in total. The van der Waals surface area contributed by atoms with E-state index in [1.807, 2.05) is 0 Å². The van der Waals surface area contributed by atoms with Crippen molar-refractivity contribution in [2.24, 2.45) is 5.92 Å². The van der Waals surface area contributed by atoms with Crippen molar-refractivity contribution in [3.8, 4) is 0 Å². The average molecular weight is 182 g/mol. The van der Waals surface area contributed by atoms with E-state index in [1.54, 1.807) is 0 Å². The molecule has 2 heterocycles. The maximum absolute atomic E-state index is 6.10. The minimum absolute atomic E-state index is 0.310. The van der Waals surface area contributed by atoms with Gasteiger partial charge >= 0.3 is 0 Å². The van der Waals surface area contributed by atoms with E-state index >= 15 is 0 Å². The van der Waals surface area contributed by atoms with Gasteiger partial charge in [-0.3, -0.25) is 0 Å². The van der Waals surface area contributed by atoms with E-state index in [0.717, 1.165) is 11.2 Å². The van der Waals surface area contributed by atoms with E-state index in [9.17, 15) is 0 Å². The van der Waals surface area contributed by atoms with Gasteiger partial charge in [0.15, 0.2) is 0 Å². The van der Waals surface area contributed by atoms with Crippen LogP contribution in [0.15, 0.2) is 0 Å². The first-order valence-corrected chi connectivity index (χ1v) is 5.85. The zero-order valence-corrected chi connectivity index (χ0v) is 8.78. The van der Waals surface area contributed by atoms with Crippen molar-refractivity contribution < 1.29 is 4.74 Å². The lowest BCUT2D eigenvalue weighted by Gasteiger charge is -2.65. The first kappa shape index (κ1) is 7.75. The highest BCUT2D eigenvalue weighted by Gasteiger charge is 2.76. The van der Waals surface area contributed by atoms with Crippen LogP contribution in [0.4, 0.5) is 0 Å². The summed E-state index contributed by atoms with van der Waals surface area (Å²) < 4.78 is 6.70. The van der Waals surface area contributed by atoms with E-state index < -0.39 is 0 Å². The minimum Gasteiger partial charge on any atom is -0.379 e. The average Bonchev–Trinajstić information content (AvgIpc) is 2.09. The second-order valence-corrected chi connectivity index (χ2v) is 6.50. The Morgan fingerprint density at radius 1 is 1.67 bits per heavy atom. The summed E-state index contributed by atoms with van der Waals surface area (Å²) in [6, 6.07) is 0.510. The molecule has 66 valence electrons. The van der Waals surface area contributed by atoms with Gasteiger partial charge in [0.2, 0.25) is 0 Å². The molecule has 3 aliphatic rings. The Morgan fingerprint density at radius 3 is 2.92 bits per heavy atom. The first-order valence-electron chi connectivity index (χ1n) is 4.97. The molecular weight excluding hydrogens is 167 g/mol. The molecule has 0 radical (unpaired) electrons. The van der Waals surface area contributed by atoms with Crippen LogP contribution >= 0.6 is 11.8 Å². The second-order valence-electron chi connectivity index (χ2n) is 4.79. The number of thioether (sulfide) groups is 1. The fourth-order valence-electron chi connectivity index (χ4n) is 3.66. The third kappa shape index (κ3) is 0.588. The molecule has 0 aromatic rings. The SMILES string of the molecule is B[C@@H]1O[C@@]2(CC)CC3(C)S[C@H]1C32. The van der Waals surface area contributed by atoms with Gasteiger partial charge in [0.1, 0.15) is 7.85 Å². The fourth-order valence-corrected chi connectivity index (χ4v) is 5.82. The topological polar surface area (TPSA) is 9.23 Å². The number of hydrogen-bond acceptors (Lipinski definition) is 2. The van der Waals surface area contributed by atoms with Crippen molar-refractivity contribution in [3.63, 3.8) is 0 Å². The molecule has 1 nitrogen and oxygen atoms in total. The Morgan fingerprint density at radius 2 is 2.42 bits per heavy atom. The summed E-state index contributed by atoms with van der Waals surface area (Å²) in [5.74, 6) is 0.884. The summed E-state index contributed by atoms with van der Waals surface area (Å²) in [4.78, 5) is 0. The van der Waals surface area contributed by atoms with E-state index in [0.29, 0.717) is 16.4 Å². The molecule has 2 saturated heterocycles. The van der Waals surface area contributed by atoms with Crippen molar-refractivity contribution in [3.05, 3.63) is 0 Å². The van der Waals surface area contributed by atoms with Crippen LogP contribution in [0.5, 0.6) is 0 Å². The van der Waals surface area contributed by atoms with Gasteiger partial charge < -0.3 is 4.74 Å². The fraction of sp³-hybridized carbons (Fsp3) is 1.00. The molecule has 5 atom stereocenters. The van der Waals surface area contributed by atoms with Crippen LogP contribution in [-0.2, 0) is 4.74 Å². The maximum atomic E-state index is 6.10. The van der Waals surface area contributed by atoms with Gasteiger partial charge in [-0.15, -0.1) is 11.8 Å². The third-order valence-corrected chi connectivity index (χ3v) is 5.95. The normalized spacial score (nSPS) is 66.7. The van der Waals surface area contributed by atoms with E-state index in [-0.39, 0.29) is 0 Å². The van der Waals surface area contributed by atoms with Crippen molar-refractivity contribution in [2.75, 3.05) is 0 Å². The predicted molar refractivity (Wildman–Crippen MR) is 54.3 cm³/mol. The van der Waals surface area contributed by atoms with Gasteiger partial charge in [-0.2, -0.15) is 0 Å². The van der Waals surface area contributed by atoms with E-state index in [1.165, 1.54) is 12.8 Å². The summed E-state index contributed by atoms with van der Waals surface area (Å²) in [5.41, 5.74) is 0.310. The number of rotatable bonds is 1. The van der Waals surface area contributed by atoms with Crippen LogP contribution in [0.1, 0.15) is 26.7 Å². The number of hydrogen-bond donors (Lipinski definition) is 0. The van der Waals surface area contributed by atoms with Crippen LogP contribution in [0.2, 0.25) is 0 Å². The van der Waals surface area contributed by atoms with Crippen molar-refractivity contribution >= 4 is 19.6 Å². The highest BCUT2D eigenvalue weighted by Crippen LogP contribution is 2.74. The van der Waals surface area contributed by atoms with E-state index in [2.05, 4.69) is 33.5 Å². The molecule has 1 saturated carbocycles. The molecule has 12 heavy (non-hydrogen) atoms. The largest absolute Gasteiger partial charge is 0.379 e. The van der Waals surface area contributed by atoms with Crippen LogP contribution in [-0.4, -0.2) is 29.4 Å². The molecule has 0 amide bonds. The summed E-state index contributed by atoms with van der Waals surface area (Å²) in [6.45, 7) is 4.69. The third-order valence-electron chi connectivity index (χ3n) is 4.09. The molecular formula is C9H15BOS. The van der Waals surface area contributed by atoms with Gasteiger partial charge in [0, 0.05) is 21.9 Å². The Labute approximate surface area is 79.0 Å². The monoisotopic (exact) mass is 182 g/mol.